The summed E-state index contributed by atoms with van der Waals surface area (Å²) < 4.78 is 6.88. The number of rotatable bonds is 2. The van der Waals surface area contributed by atoms with Crippen LogP contribution in [-0.4, -0.2) is 43.9 Å². The van der Waals surface area contributed by atoms with Crippen LogP contribution in [-0.2, 0) is 4.74 Å². The van der Waals surface area contributed by atoms with Gasteiger partial charge in [0.05, 0.1) is 20.7 Å². The van der Waals surface area contributed by atoms with Crippen LogP contribution in [0, 0.1) is 0 Å². The molecular formula is C10H22NO+. The number of likely N-dealkylation sites (N-methyl/N-ethyl adjacent to an activating group) is 1. The fraction of sp³-hybridized carbons (Fsp3) is 1.00. The molecule has 0 bridgehead atoms. The first-order chi connectivity index (χ1) is 5.61. The summed E-state index contributed by atoms with van der Waals surface area (Å²) in [6.07, 6.45) is 2.87. The number of morpholine rings is 1. The number of hydrogen-bond acceptors (Lipinski definition) is 1. The fourth-order valence-electron chi connectivity index (χ4n) is 2.31. The van der Waals surface area contributed by atoms with Crippen LogP contribution in [0.15, 0.2) is 0 Å². The molecule has 2 unspecified atom stereocenters. The van der Waals surface area contributed by atoms with Crippen molar-refractivity contribution in [1.29, 1.82) is 0 Å². The van der Waals surface area contributed by atoms with Gasteiger partial charge in [0.25, 0.3) is 0 Å². The molecule has 0 spiro atoms. The largest absolute Gasteiger partial charge is 0.366 e. The summed E-state index contributed by atoms with van der Waals surface area (Å²) in [6, 6.07) is 0.698. The van der Waals surface area contributed by atoms with E-state index in [0.29, 0.717) is 12.1 Å². The van der Waals surface area contributed by atoms with Crippen molar-refractivity contribution >= 4 is 0 Å². The smallest absolute Gasteiger partial charge is 0.115 e. The molecule has 0 N–H and O–H groups in total. The number of hydrogen-bond donors (Lipinski definition) is 0. The zero-order valence-electron chi connectivity index (χ0n) is 8.84. The van der Waals surface area contributed by atoms with Gasteiger partial charge in [-0.15, -0.1) is 0 Å². The summed E-state index contributed by atoms with van der Waals surface area (Å²) in [4.78, 5) is 0. The third kappa shape index (κ3) is 1.80. The Morgan fingerprint density at radius 3 is 2.33 bits per heavy atom. The molecule has 1 aliphatic rings. The molecule has 0 aliphatic carbocycles. The van der Waals surface area contributed by atoms with Gasteiger partial charge in [0, 0.05) is 0 Å². The second kappa shape index (κ2) is 3.75. The minimum atomic E-state index is 0.485. The van der Waals surface area contributed by atoms with E-state index in [1.54, 1.807) is 0 Å². The molecule has 2 atom stereocenters. The lowest BCUT2D eigenvalue weighted by Crippen LogP contribution is -2.60. The van der Waals surface area contributed by atoms with Crippen LogP contribution in [0.4, 0.5) is 0 Å². The highest BCUT2D eigenvalue weighted by molar-refractivity contribution is 4.71. The summed E-state index contributed by atoms with van der Waals surface area (Å²) in [5.41, 5.74) is 0. The zero-order chi connectivity index (χ0) is 9.19. The van der Waals surface area contributed by atoms with E-state index in [1.807, 2.05) is 0 Å². The van der Waals surface area contributed by atoms with Crippen molar-refractivity contribution in [3.05, 3.63) is 0 Å². The molecule has 0 aromatic heterocycles. The molecule has 72 valence electrons. The van der Waals surface area contributed by atoms with Crippen molar-refractivity contribution in [3.8, 4) is 0 Å². The van der Waals surface area contributed by atoms with Crippen molar-refractivity contribution < 1.29 is 9.22 Å². The lowest BCUT2D eigenvalue weighted by molar-refractivity contribution is -0.927. The minimum Gasteiger partial charge on any atom is -0.366 e. The normalized spacial score (nSPS) is 35.0. The van der Waals surface area contributed by atoms with E-state index < -0.39 is 0 Å². The Kier molecular flexibility index (Phi) is 3.13. The van der Waals surface area contributed by atoms with Gasteiger partial charge in [-0.25, -0.2) is 0 Å². The number of ether oxygens (including phenoxy) is 1. The van der Waals surface area contributed by atoms with Crippen LogP contribution in [0.25, 0.3) is 0 Å². The van der Waals surface area contributed by atoms with Gasteiger partial charge >= 0.3 is 0 Å². The van der Waals surface area contributed by atoms with E-state index in [4.69, 9.17) is 4.74 Å². The maximum atomic E-state index is 5.75. The number of quaternary nitrogens is 1. The zero-order valence-corrected chi connectivity index (χ0v) is 8.84. The van der Waals surface area contributed by atoms with Gasteiger partial charge in [-0.3, -0.25) is 0 Å². The highest BCUT2D eigenvalue weighted by Gasteiger charge is 2.37. The topological polar surface area (TPSA) is 9.23 Å². The van der Waals surface area contributed by atoms with Gasteiger partial charge in [0.15, 0.2) is 0 Å². The average molecular weight is 172 g/mol. The first kappa shape index (κ1) is 10.0. The number of nitrogens with zero attached hydrogens (tertiary/aromatic N) is 1. The van der Waals surface area contributed by atoms with Crippen LogP contribution in [0.3, 0.4) is 0 Å². The molecule has 0 saturated carbocycles. The van der Waals surface area contributed by atoms with Crippen molar-refractivity contribution in [3.63, 3.8) is 0 Å². The Morgan fingerprint density at radius 2 is 1.92 bits per heavy atom. The maximum absolute atomic E-state index is 5.75. The monoisotopic (exact) mass is 172 g/mol. The van der Waals surface area contributed by atoms with E-state index in [1.165, 1.54) is 6.42 Å². The van der Waals surface area contributed by atoms with Gasteiger partial charge in [-0.1, -0.05) is 13.8 Å². The fourth-order valence-corrected chi connectivity index (χ4v) is 2.31. The molecule has 2 nitrogen and oxygen atoms in total. The second-order valence-electron chi connectivity index (χ2n) is 4.30. The molecule has 1 rings (SSSR count). The van der Waals surface area contributed by atoms with Crippen LogP contribution >= 0.6 is 0 Å². The summed E-state index contributed by atoms with van der Waals surface area (Å²) in [5, 5.41) is 0. The Morgan fingerprint density at radius 1 is 1.25 bits per heavy atom. The Balaban J connectivity index is 2.66. The molecule has 1 heterocycles. The molecule has 2 heteroatoms. The summed E-state index contributed by atoms with van der Waals surface area (Å²) >= 11 is 0. The molecule has 0 aromatic rings. The van der Waals surface area contributed by atoms with Gasteiger partial charge < -0.3 is 9.22 Å². The quantitative estimate of drug-likeness (QED) is 0.575. The predicted octanol–water partition coefficient (Wildman–Crippen LogP) is 1.65. The van der Waals surface area contributed by atoms with Crippen LogP contribution < -0.4 is 0 Å². The Labute approximate surface area is 76.1 Å². The molecule has 0 radical (unpaired) electrons. The lowest BCUT2D eigenvalue weighted by Gasteiger charge is -2.45. The van der Waals surface area contributed by atoms with Gasteiger partial charge in [-0.2, -0.15) is 0 Å². The summed E-state index contributed by atoms with van der Waals surface area (Å²) in [7, 11) is 4.64. The van der Waals surface area contributed by atoms with Crippen LogP contribution in [0.1, 0.15) is 26.7 Å². The molecule has 0 amide bonds. The third-order valence-corrected chi connectivity index (χ3v) is 3.15. The van der Waals surface area contributed by atoms with E-state index in [-0.39, 0.29) is 0 Å². The van der Waals surface area contributed by atoms with Crippen molar-refractivity contribution in [1.82, 2.24) is 0 Å². The van der Waals surface area contributed by atoms with Crippen LogP contribution in [0.2, 0.25) is 0 Å². The van der Waals surface area contributed by atoms with E-state index in [0.717, 1.165) is 24.1 Å². The minimum absolute atomic E-state index is 0.485. The van der Waals surface area contributed by atoms with Gasteiger partial charge in [0.2, 0.25) is 0 Å². The molecular weight excluding hydrogens is 150 g/mol. The highest BCUT2D eigenvalue weighted by atomic mass is 16.5. The molecule has 1 fully saturated rings. The standard InChI is InChI=1S/C10H22NO/c1-5-9-10(6-2)12-8-7-11(9,3)4/h9-10H,5-8H2,1-4H3/q+1. The first-order valence-corrected chi connectivity index (χ1v) is 5.06. The van der Waals surface area contributed by atoms with Crippen LogP contribution in [0.5, 0.6) is 0 Å². The summed E-state index contributed by atoms with van der Waals surface area (Å²) in [6.45, 7) is 6.58. The molecule has 1 saturated heterocycles. The Hall–Kier alpha value is -0.0800. The Bertz CT molecular complexity index is 145. The first-order valence-electron chi connectivity index (χ1n) is 5.06. The second-order valence-corrected chi connectivity index (χ2v) is 4.30. The van der Waals surface area contributed by atoms with Crippen molar-refractivity contribution in [2.75, 3.05) is 27.2 Å². The highest BCUT2D eigenvalue weighted by Crippen LogP contribution is 2.23. The third-order valence-electron chi connectivity index (χ3n) is 3.15. The molecule has 0 aromatic carbocycles. The lowest BCUT2D eigenvalue weighted by atomic mass is 10.0. The van der Waals surface area contributed by atoms with E-state index in [9.17, 15) is 0 Å². The van der Waals surface area contributed by atoms with E-state index >= 15 is 0 Å². The maximum Gasteiger partial charge on any atom is 0.115 e. The average Bonchev–Trinajstić information content (AvgIpc) is 2.02. The molecule has 12 heavy (non-hydrogen) atoms. The van der Waals surface area contributed by atoms with E-state index in [2.05, 4.69) is 27.9 Å². The van der Waals surface area contributed by atoms with Gasteiger partial charge in [-0.05, 0) is 12.8 Å². The summed E-state index contributed by atoms with van der Waals surface area (Å²) in [5.74, 6) is 0. The molecule has 1 aliphatic heterocycles. The SMILES string of the molecule is CCC1OCC[N+](C)(C)C1CC. The van der Waals surface area contributed by atoms with Crippen molar-refractivity contribution in [2.45, 2.75) is 38.8 Å². The van der Waals surface area contributed by atoms with Gasteiger partial charge in [0.1, 0.15) is 18.7 Å². The predicted molar refractivity (Wildman–Crippen MR) is 51.1 cm³/mol. The van der Waals surface area contributed by atoms with Crippen molar-refractivity contribution in [2.24, 2.45) is 0 Å².